The maximum atomic E-state index is 13.1. The number of hydrogen-bond donors (Lipinski definition) is 2. The third kappa shape index (κ3) is 10.1. The molecule has 10 heteroatoms. The lowest BCUT2D eigenvalue weighted by Crippen LogP contribution is -2.49. The number of likely N-dealkylation sites (tertiary alicyclic amines) is 1. The molecule has 0 aromatic heterocycles. The molecule has 3 rings (SSSR count). The van der Waals surface area contributed by atoms with Crippen molar-refractivity contribution in [2.75, 3.05) is 46.3 Å². The van der Waals surface area contributed by atoms with Crippen LogP contribution in [0.15, 0.2) is 30.3 Å². The first kappa shape index (κ1) is 33.1. The number of urea groups is 1. The summed E-state index contributed by atoms with van der Waals surface area (Å²) < 4.78 is 16.2. The summed E-state index contributed by atoms with van der Waals surface area (Å²) in [7, 11) is 4.66. The van der Waals surface area contributed by atoms with E-state index in [4.69, 9.17) is 37.4 Å². The van der Waals surface area contributed by atoms with Crippen LogP contribution >= 0.6 is 35.6 Å². The number of hydrogen-bond acceptors (Lipinski definition) is 5. The maximum absolute atomic E-state index is 13.1. The fourth-order valence-corrected chi connectivity index (χ4v) is 5.29. The van der Waals surface area contributed by atoms with Crippen LogP contribution in [-0.2, 0) is 6.42 Å². The first-order chi connectivity index (χ1) is 18.3. The Morgan fingerprint density at radius 2 is 1.62 bits per heavy atom. The minimum Gasteiger partial charge on any atom is -0.493 e. The lowest BCUT2D eigenvalue weighted by atomic mass is 9.93. The van der Waals surface area contributed by atoms with Crippen molar-refractivity contribution in [1.82, 2.24) is 10.2 Å². The number of carbonyl (C=O) groups excluding carboxylic acids is 1. The highest BCUT2D eigenvalue weighted by molar-refractivity contribution is 6.42. The number of anilines is 1. The highest BCUT2D eigenvalue weighted by Crippen LogP contribution is 2.40. The summed E-state index contributed by atoms with van der Waals surface area (Å²) >= 11 is 12.2. The number of piperidine rings is 1. The van der Waals surface area contributed by atoms with E-state index in [1.54, 1.807) is 33.5 Å². The average molecular weight is 603 g/mol. The quantitative estimate of drug-likeness (QED) is 0.233. The fourth-order valence-electron chi connectivity index (χ4n) is 4.97. The van der Waals surface area contributed by atoms with E-state index in [1.165, 1.54) is 24.8 Å². The largest absolute Gasteiger partial charge is 0.493 e. The van der Waals surface area contributed by atoms with Crippen molar-refractivity contribution in [1.29, 1.82) is 0 Å². The van der Waals surface area contributed by atoms with E-state index >= 15 is 0 Å². The van der Waals surface area contributed by atoms with Crippen LogP contribution in [-0.4, -0.2) is 57.9 Å². The van der Waals surface area contributed by atoms with Crippen molar-refractivity contribution in [2.24, 2.45) is 5.92 Å². The number of unbranched alkanes of at least 4 members (excludes halogenated alkanes) is 1. The van der Waals surface area contributed by atoms with Crippen LogP contribution in [0.2, 0.25) is 10.0 Å². The first-order valence-corrected chi connectivity index (χ1v) is 14.1. The van der Waals surface area contributed by atoms with Gasteiger partial charge in [-0.1, -0.05) is 49.0 Å². The highest BCUT2D eigenvalue weighted by atomic mass is 35.5. The second kappa shape index (κ2) is 16.9. The van der Waals surface area contributed by atoms with Gasteiger partial charge >= 0.3 is 6.03 Å². The molecule has 1 saturated heterocycles. The van der Waals surface area contributed by atoms with Gasteiger partial charge in [-0.3, -0.25) is 0 Å². The van der Waals surface area contributed by atoms with Crippen LogP contribution in [0.1, 0.15) is 51.0 Å². The molecule has 0 radical (unpaired) electrons. The standard InChI is InChI=1S/C29H41Cl2N3O4.ClH/c1-20(10-6-7-11-21-12-13-23(30)24(31)16-21)25(19-34-14-8-5-9-15-34)33-29(35)32-22-17-26(36-2)28(38-4)27(18-22)37-3;/h12-13,16-18,20,25H,5-11,14-15,19H2,1-4H3,(H2,32,33,35);1H. The number of halogens is 3. The van der Waals surface area contributed by atoms with Crippen molar-refractivity contribution in [2.45, 2.75) is 57.9 Å². The minimum absolute atomic E-state index is 0. The van der Waals surface area contributed by atoms with Gasteiger partial charge < -0.3 is 29.7 Å². The normalized spacial score (nSPS) is 15.0. The van der Waals surface area contributed by atoms with E-state index < -0.39 is 0 Å². The Morgan fingerprint density at radius 3 is 2.21 bits per heavy atom. The molecular weight excluding hydrogens is 561 g/mol. The Labute approximate surface area is 249 Å². The third-order valence-corrected chi connectivity index (χ3v) is 7.93. The van der Waals surface area contributed by atoms with Gasteiger partial charge in [-0.2, -0.15) is 0 Å². The van der Waals surface area contributed by atoms with Gasteiger partial charge in [0.15, 0.2) is 11.5 Å². The Kier molecular flexibility index (Phi) is 14.4. The van der Waals surface area contributed by atoms with E-state index in [9.17, 15) is 4.79 Å². The number of nitrogens with zero attached hydrogens (tertiary/aromatic N) is 1. The molecule has 2 atom stereocenters. The number of methoxy groups -OCH3 is 3. The van der Waals surface area contributed by atoms with Crippen molar-refractivity contribution in [3.63, 3.8) is 0 Å². The van der Waals surface area contributed by atoms with E-state index in [-0.39, 0.29) is 24.5 Å². The molecule has 1 aliphatic heterocycles. The Hall–Kier alpha value is -2.06. The molecule has 1 fully saturated rings. The number of aryl methyl sites for hydroxylation is 1. The van der Waals surface area contributed by atoms with Gasteiger partial charge in [-0.25, -0.2) is 4.79 Å². The molecule has 2 N–H and O–H groups in total. The van der Waals surface area contributed by atoms with Gasteiger partial charge in [-0.15, -0.1) is 12.4 Å². The van der Waals surface area contributed by atoms with Crippen LogP contribution in [0.4, 0.5) is 10.5 Å². The van der Waals surface area contributed by atoms with Gasteiger partial charge in [-0.05, 0) is 68.8 Å². The predicted molar refractivity (Wildman–Crippen MR) is 163 cm³/mol. The van der Waals surface area contributed by atoms with Gasteiger partial charge in [0.05, 0.1) is 37.1 Å². The Balaban J connectivity index is 0.00000533. The van der Waals surface area contributed by atoms with Gasteiger partial charge in [0, 0.05) is 24.7 Å². The molecular formula is C29H42Cl3N3O4. The van der Waals surface area contributed by atoms with Crippen LogP contribution in [0, 0.1) is 5.92 Å². The molecule has 0 bridgehead atoms. The molecule has 1 heterocycles. The zero-order valence-corrected chi connectivity index (χ0v) is 25.7. The van der Waals surface area contributed by atoms with E-state index in [2.05, 4.69) is 22.5 Å². The summed E-state index contributed by atoms with van der Waals surface area (Å²) in [6, 6.07) is 9.07. The minimum atomic E-state index is -0.246. The lowest BCUT2D eigenvalue weighted by Gasteiger charge is -2.33. The summed E-state index contributed by atoms with van der Waals surface area (Å²) in [5, 5.41) is 7.39. The predicted octanol–water partition coefficient (Wildman–Crippen LogP) is 7.47. The van der Waals surface area contributed by atoms with Crippen LogP contribution in [0.25, 0.3) is 0 Å². The second-order valence-electron chi connectivity index (χ2n) is 9.95. The summed E-state index contributed by atoms with van der Waals surface area (Å²) in [6.45, 7) is 5.23. The smallest absolute Gasteiger partial charge is 0.319 e. The number of rotatable bonds is 13. The third-order valence-electron chi connectivity index (χ3n) is 7.19. The van der Waals surface area contributed by atoms with E-state index in [0.717, 1.165) is 45.3 Å². The summed E-state index contributed by atoms with van der Waals surface area (Å²) in [5.74, 6) is 1.78. The van der Waals surface area contributed by atoms with Crippen molar-refractivity contribution < 1.29 is 19.0 Å². The fraction of sp³-hybridized carbons (Fsp3) is 0.552. The first-order valence-electron chi connectivity index (χ1n) is 13.4. The molecule has 0 spiro atoms. The van der Waals surface area contributed by atoms with Crippen LogP contribution < -0.4 is 24.8 Å². The maximum Gasteiger partial charge on any atom is 0.319 e. The van der Waals surface area contributed by atoms with Crippen LogP contribution in [0.5, 0.6) is 17.2 Å². The average Bonchev–Trinajstić information content (AvgIpc) is 2.92. The molecule has 2 aromatic rings. The van der Waals surface area contributed by atoms with E-state index in [0.29, 0.717) is 38.9 Å². The lowest BCUT2D eigenvalue weighted by molar-refractivity contribution is 0.180. The monoisotopic (exact) mass is 601 g/mol. The Bertz CT molecular complexity index is 1030. The molecule has 1 aliphatic rings. The zero-order valence-electron chi connectivity index (χ0n) is 23.4. The van der Waals surface area contributed by atoms with Crippen molar-refractivity contribution >= 4 is 47.3 Å². The van der Waals surface area contributed by atoms with E-state index in [1.807, 2.05) is 18.2 Å². The number of ether oxygens (including phenoxy) is 3. The number of carbonyl (C=O) groups is 1. The van der Waals surface area contributed by atoms with Gasteiger partial charge in [0.1, 0.15) is 0 Å². The zero-order chi connectivity index (χ0) is 27.5. The molecule has 2 amide bonds. The van der Waals surface area contributed by atoms with Gasteiger partial charge in [0.2, 0.25) is 5.75 Å². The Morgan fingerprint density at radius 1 is 0.949 bits per heavy atom. The highest BCUT2D eigenvalue weighted by Gasteiger charge is 2.24. The SMILES string of the molecule is COc1cc(NC(=O)NC(CN2CCCCC2)C(C)CCCCc2ccc(Cl)c(Cl)c2)cc(OC)c1OC.Cl. The summed E-state index contributed by atoms with van der Waals surface area (Å²) in [5.41, 5.74) is 1.77. The van der Waals surface area contributed by atoms with Crippen LogP contribution in [0.3, 0.4) is 0 Å². The second-order valence-corrected chi connectivity index (χ2v) is 10.8. The molecule has 218 valence electrons. The summed E-state index contributed by atoms with van der Waals surface area (Å²) in [6.07, 6.45) is 7.79. The van der Waals surface area contributed by atoms with Crippen molar-refractivity contribution in [3.05, 3.63) is 45.9 Å². The number of amides is 2. The topological polar surface area (TPSA) is 72.1 Å². The molecule has 2 unspecified atom stereocenters. The molecule has 39 heavy (non-hydrogen) atoms. The summed E-state index contributed by atoms with van der Waals surface area (Å²) in [4.78, 5) is 15.6. The number of benzene rings is 2. The molecule has 7 nitrogen and oxygen atoms in total. The molecule has 2 aromatic carbocycles. The van der Waals surface area contributed by atoms with Crippen molar-refractivity contribution in [3.8, 4) is 17.2 Å². The molecule has 0 saturated carbocycles. The molecule has 0 aliphatic carbocycles. The van der Waals surface area contributed by atoms with Gasteiger partial charge in [0.25, 0.3) is 0 Å². The number of nitrogens with one attached hydrogen (secondary N) is 2.